The fraction of sp³-hybridized carbons (Fsp3) is 0. The number of nitrogens with two attached hydrogens (primary N) is 2. The third kappa shape index (κ3) is 3.57. The number of nitrogen functional groups attached to an aromatic ring is 2. The molecule has 0 aromatic heterocycles. The van der Waals surface area contributed by atoms with Gasteiger partial charge in [0, 0.05) is 18.2 Å². The zero-order valence-electron chi connectivity index (χ0n) is 13.6. The molecular formula is C20H16N2O4. The smallest absolute Gasteiger partial charge is 0.146 e. The summed E-state index contributed by atoms with van der Waals surface area (Å²) in [5.41, 5.74) is 12.2. The van der Waals surface area contributed by atoms with E-state index in [0.717, 1.165) is 0 Å². The van der Waals surface area contributed by atoms with E-state index in [9.17, 15) is 10.2 Å². The van der Waals surface area contributed by atoms with Crippen LogP contribution < -0.4 is 20.9 Å². The van der Waals surface area contributed by atoms with Crippen LogP contribution in [0.1, 0.15) is 5.56 Å². The molecule has 0 spiro atoms. The van der Waals surface area contributed by atoms with Crippen LogP contribution in [-0.2, 0) is 0 Å². The van der Waals surface area contributed by atoms with Crippen LogP contribution in [0.5, 0.6) is 34.5 Å². The summed E-state index contributed by atoms with van der Waals surface area (Å²) in [5.74, 6) is 3.96. The number of aromatic hydroxyl groups is 2. The minimum absolute atomic E-state index is 0.0726. The molecule has 6 nitrogen and oxygen atoms in total. The molecule has 0 heterocycles. The highest BCUT2D eigenvalue weighted by Gasteiger charge is 2.09. The number of hydrogen-bond acceptors (Lipinski definition) is 6. The molecule has 130 valence electrons. The molecule has 0 saturated carbocycles. The van der Waals surface area contributed by atoms with Gasteiger partial charge in [-0.1, -0.05) is 5.92 Å². The minimum atomic E-state index is -0.0884. The highest BCUT2D eigenvalue weighted by Crippen LogP contribution is 2.35. The SMILES string of the molecule is C#Cc1ccc(Oc2ccc(N)c(O)c2)cc1Oc1ccc(N)c(O)c1. The first-order valence-corrected chi connectivity index (χ1v) is 7.59. The van der Waals surface area contributed by atoms with Crippen LogP contribution in [0.25, 0.3) is 0 Å². The Morgan fingerprint density at radius 3 is 1.77 bits per heavy atom. The minimum Gasteiger partial charge on any atom is -0.506 e. The Kier molecular flexibility index (Phi) is 4.46. The van der Waals surface area contributed by atoms with Crippen molar-refractivity contribution in [3.63, 3.8) is 0 Å². The van der Waals surface area contributed by atoms with E-state index in [4.69, 9.17) is 27.4 Å². The quantitative estimate of drug-likeness (QED) is 0.324. The lowest BCUT2D eigenvalue weighted by atomic mass is 10.2. The fourth-order valence-corrected chi connectivity index (χ4v) is 2.21. The number of rotatable bonds is 4. The predicted octanol–water partition coefficient (Wildman–Crippen LogP) is 3.83. The molecule has 0 aliphatic rings. The standard InChI is InChI=1S/C20H16N2O4/c1-2-12-3-4-15(25-13-5-7-16(21)18(23)9-13)11-20(12)26-14-6-8-17(22)19(24)10-14/h1,3-11,23-24H,21-22H2. The molecule has 6 heteroatoms. The molecule has 0 fully saturated rings. The summed E-state index contributed by atoms with van der Waals surface area (Å²) in [7, 11) is 0. The van der Waals surface area contributed by atoms with Crippen molar-refractivity contribution in [2.24, 2.45) is 0 Å². The van der Waals surface area contributed by atoms with E-state index in [0.29, 0.717) is 28.6 Å². The normalized spacial score (nSPS) is 10.1. The summed E-state index contributed by atoms with van der Waals surface area (Å²) in [5, 5.41) is 19.4. The fourth-order valence-electron chi connectivity index (χ4n) is 2.21. The van der Waals surface area contributed by atoms with Crippen LogP contribution in [0.2, 0.25) is 0 Å². The maximum absolute atomic E-state index is 9.70. The van der Waals surface area contributed by atoms with Gasteiger partial charge in [0.25, 0.3) is 0 Å². The predicted molar refractivity (Wildman–Crippen MR) is 99.6 cm³/mol. The summed E-state index contributed by atoms with van der Waals surface area (Å²) in [4.78, 5) is 0. The molecule has 26 heavy (non-hydrogen) atoms. The monoisotopic (exact) mass is 348 g/mol. The van der Waals surface area contributed by atoms with Gasteiger partial charge >= 0.3 is 0 Å². The van der Waals surface area contributed by atoms with Crippen molar-refractivity contribution in [1.82, 2.24) is 0 Å². The van der Waals surface area contributed by atoms with Gasteiger partial charge in [0.05, 0.1) is 16.9 Å². The Bertz CT molecular complexity index is 1010. The van der Waals surface area contributed by atoms with Crippen molar-refractivity contribution in [1.29, 1.82) is 0 Å². The number of phenols is 2. The van der Waals surface area contributed by atoms with Crippen LogP contribution in [-0.4, -0.2) is 10.2 Å². The lowest BCUT2D eigenvalue weighted by molar-refractivity contribution is 0.445. The number of benzene rings is 3. The highest BCUT2D eigenvalue weighted by molar-refractivity contribution is 5.58. The topological polar surface area (TPSA) is 111 Å². The van der Waals surface area contributed by atoms with Crippen molar-refractivity contribution in [3.05, 3.63) is 60.2 Å². The van der Waals surface area contributed by atoms with E-state index in [1.165, 1.54) is 24.3 Å². The number of phenolic OH excluding ortho intramolecular Hbond substituents is 2. The Labute approximate surface area is 150 Å². The maximum atomic E-state index is 9.70. The largest absolute Gasteiger partial charge is 0.506 e. The van der Waals surface area contributed by atoms with Crippen molar-refractivity contribution in [2.45, 2.75) is 0 Å². The first-order valence-electron chi connectivity index (χ1n) is 7.59. The van der Waals surface area contributed by atoms with Gasteiger partial charge in [-0.15, -0.1) is 6.42 Å². The molecule has 3 aromatic rings. The lowest BCUT2D eigenvalue weighted by Crippen LogP contribution is -1.92. The molecule has 0 atom stereocenters. The zero-order chi connectivity index (χ0) is 18.7. The molecule has 0 unspecified atom stereocenters. The first kappa shape index (κ1) is 16.9. The van der Waals surface area contributed by atoms with E-state index in [1.807, 2.05) is 0 Å². The van der Waals surface area contributed by atoms with Crippen LogP contribution >= 0.6 is 0 Å². The summed E-state index contributed by atoms with van der Waals surface area (Å²) < 4.78 is 11.5. The van der Waals surface area contributed by atoms with Crippen LogP contribution in [0.3, 0.4) is 0 Å². The van der Waals surface area contributed by atoms with Crippen LogP contribution in [0.4, 0.5) is 11.4 Å². The second-order valence-corrected chi connectivity index (χ2v) is 5.45. The van der Waals surface area contributed by atoms with Gasteiger partial charge in [-0.05, 0) is 36.4 Å². The molecule has 6 N–H and O–H groups in total. The zero-order valence-corrected chi connectivity index (χ0v) is 13.6. The number of hydrogen-bond donors (Lipinski definition) is 4. The molecule has 3 aromatic carbocycles. The molecule has 0 amide bonds. The first-order chi connectivity index (χ1) is 12.5. The van der Waals surface area contributed by atoms with Gasteiger partial charge in [-0.2, -0.15) is 0 Å². The number of terminal acetylenes is 1. The second kappa shape index (κ2) is 6.87. The molecule has 3 rings (SSSR count). The number of anilines is 2. The average molecular weight is 348 g/mol. The molecule has 0 aliphatic carbocycles. The van der Waals surface area contributed by atoms with Gasteiger partial charge in [0.1, 0.15) is 34.5 Å². The van der Waals surface area contributed by atoms with Gasteiger partial charge in [0.15, 0.2) is 0 Å². The van der Waals surface area contributed by atoms with Gasteiger partial charge in [0.2, 0.25) is 0 Å². The van der Waals surface area contributed by atoms with Crippen molar-refractivity contribution in [2.75, 3.05) is 11.5 Å². The van der Waals surface area contributed by atoms with Crippen LogP contribution in [0, 0.1) is 12.3 Å². The third-order valence-electron chi connectivity index (χ3n) is 3.58. The van der Waals surface area contributed by atoms with Crippen molar-refractivity contribution < 1.29 is 19.7 Å². The summed E-state index contributed by atoms with van der Waals surface area (Å²) in [6.45, 7) is 0. The van der Waals surface area contributed by atoms with Gasteiger partial charge in [-0.25, -0.2) is 0 Å². The van der Waals surface area contributed by atoms with Crippen LogP contribution in [0.15, 0.2) is 54.6 Å². The Morgan fingerprint density at radius 2 is 1.23 bits per heavy atom. The van der Waals surface area contributed by atoms with E-state index in [-0.39, 0.29) is 22.9 Å². The third-order valence-corrected chi connectivity index (χ3v) is 3.58. The van der Waals surface area contributed by atoms with Crippen molar-refractivity contribution >= 4 is 11.4 Å². The number of ether oxygens (including phenoxy) is 2. The Morgan fingerprint density at radius 1 is 0.731 bits per heavy atom. The average Bonchev–Trinajstić information content (AvgIpc) is 2.62. The lowest BCUT2D eigenvalue weighted by Gasteiger charge is -2.12. The van der Waals surface area contributed by atoms with Gasteiger partial charge < -0.3 is 31.2 Å². The molecule has 0 radical (unpaired) electrons. The summed E-state index contributed by atoms with van der Waals surface area (Å²) in [6, 6.07) is 14.0. The van der Waals surface area contributed by atoms with E-state index in [2.05, 4.69) is 5.92 Å². The Hall–Kier alpha value is -3.98. The highest BCUT2D eigenvalue weighted by atomic mass is 16.5. The molecule has 0 aliphatic heterocycles. The Balaban J connectivity index is 1.89. The maximum Gasteiger partial charge on any atom is 0.146 e. The van der Waals surface area contributed by atoms with Crippen molar-refractivity contribution in [3.8, 4) is 46.8 Å². The molecular weight excluding hydrogens is 332 g/mol. The summed E-state index contributed by atoms with van der Waals surface area (Å²) in [6.07, 6.45) is 5.51. The van der Waals surface area contributed by atoms with E-state index in [1.54, 1.807) is 30.3 Å². The molecule has 0 saturated heterocycles. The van der Waals surface area contributed by atoms with Gasteiger partial charge in [-0.3, -0.25) is 0 Å². The molecule has 0 bridgehead atoms. The second-order valence-electron chi connectivity index (χ2n) is 5.45. The van der Waals surface area contributed by atoms with E-state index >= 15 is 0 Å². The van der Waals surface area contributed by atoms with E-state index < -0.39 is 0 Å². The summed E-state index contributed by atoms with van der Waals surface area (Å²) >= 11 is 0.